The van der Waals surface area contributed by atoms with Gasteiger partial charge in [-0.05, 0) is 23.3 Å². The number of hydrogen-bond acceptors (Lipinski definition) is 4. The van der Waals surface area contributed by atoms with Crippen molar-refractivity contribution in [2.45, 2.75) is 6.10 Å². The molecule has 1 aromatic heterocycles. The number of nitrogens with one attached hydrogen (secondary N) is 1. The number of hydrazone groups is 1. The zero-order valence-corrected chi connectivity index (χ0v) is 11.1. The van der Waals surface area contributed by atoms with E-state index < -0.39 is 6.10 Å². The Hall–Kier alpha value is -2.53. The van der Waals surface area contributed by atoms with Crippen LogP contribution in [-0.2, 0) is 9.53 Å². The SMILES string of the molecule is COC(C(=O)NN=Cc1ccncc1)c1ccccc1. The Morgan fingerprint density at radius 2 is 1.95 bits per heavy atom. The van der Waals surface area contributed by atoms with Crippen LogP contribution >= 0.6 is 0 Å². The summed E-state index contributed by atoms with van der Waals surface area (Å²) in [5.74, 6) is -0.316. The smallest absolute Gasteiger partial charge is 0.273 e. The third kappa shape index (κ3) is 3.73. The molecule has 5 heteroatoms. The first-order valence-corrected chi connectivity index (χ1v) is 6.12. The van der Waals surface area contributed by atoms with Crippen molar-refractivity contribution in [2.75, 3.05) is 7.11 Å². The standard InChI is InChI=1S/C15H15N3O2/c1-20-14(13-5-3-2-4-6-13)15(19)18-17-11-12-7-9-16-10-8-12/h2-11,14H,1H3,(H,18,19). The van der Waals surface area contributed by atoms with Crippen LogP contribution in [0.25, 0.3) is 0 Å². The molecule has 20 heavy (non-hydrogen) atoms. The average molecular weight is 269 g/mol. The summed E-state index contributed by atoms with van der Waals surface area (Å²) in [6, 6.07) is 12.8. The van der Waals surface area contributed by atoms with Crippen molar-refractivity contribution in [2.24, 2.45) is 5.10 Å². The van der Waals surface area contributed by atoms with Gasteiger partial charge in [0, 0.05) is 19.5 Å². The van der Waals surface area contributed by atoms with Crippen LogP contribution in [0.2, 0.25) is 0 Å². The van der Waals surface area contributed by atoms with Crippen molar-refractivity contribution in [3.05, 3.63) is 66.0 Å². The molecule has 0 aliphatic heterocycles. The summed E-state index contributed by atoms with van der Waals surface area (Å²) in [5.41, 5.74) is 4.11. The number of hydrogen-bond donors (Lipinski definition) is 1. The van der Waals surface area contributed by atoms with Crippen molar-refractivity contribution in [1.29, 1.82) is 0 Å². The highest BCUT2D eigenvalue weighted by Gasteiger charge is 2.18. The normalized spacial score (nSPS) is 12.2. The highest BCUT2D eigenvalue weighted by molar-refractivity contribution is 5.85. The Kier molecular flexibility index (Phi) is 4.97. The van der Waals surface area contributed by atoms with Gasteiger partial charge in [0.15, 0.2) is 6.10 Å². The van der Waals surface area contributed by atoms with Crippen LogP contribution in [0.5, 0.6) is 0 Å². The Balaban J connectivity index is 1.99. The number of carbonyl (C=O) groups excluding carboxylic acids is 1. The van der Waals surface area contributed by atoms with Crippen LogP contribution in [-0.4, -0.2) is 24.2 Å². The van der Waals surface area contributed by atoms with Crippen LogP contribution in [0, 0.1) is 0 Å². The van der Waals surface area contributed by atoms with Crippen molar-refractivity contribution in [1.82, 2.24) is 10.4 Å². The maximum atomic E-state index is 12.0. The van der Waals surface area contributed by atoms with Gasteiger partial charge in [-0.3, -0.25) is 9.78 Å². The zero-order chi connectivity index (χ0) is 14.2. The Morgan fingerprint density at radius 1 is 1.25 bits per heavy atom. The monoisotopic (exact) mass is 269 g/mol. The number of aromatic nitrogens is 1. The van der Waals surface area contributed by atoms with E-state index in [2.05, 4.69) is 15.5 Å². The number of methoxy groups -OCH3 is 1. The topological polar surface area (TPSA) is 63.6 Å². The van der Waals surface area contributed by atoms with Gasteiger partial charge in [-0.15, -0.1) is 0 Å². The summed E-state index contributed by atoms with van der Waals surface area (Å²) >= 11 is 0. The molecule has 0 aliphatic carbocycles. The van der Waals surface area contributed by atoms with E-state index in [1.165, 1.54) is 7.11 Å². The van der Waals surface area contributed by atoms with Gasteiger partial charge in [-0.25, -0.2) is 5.43 Å². The van der Waals surface area contributed by atoms with Gasteiger partial charge in [0.1, 0.15) is 0 Å². The Morgan fingerprint density at radius 3 is 2.60 bits per heavy atom. The molecular formula is C15H15N3O2. The number of ether oxygens (including phenoxy) is 1. The van der Waals surface area contributed by atoms with E-state index in [1.54, 1.807) is 30.7 Å². The van der Waals surface area contributed by atoms with Gasteiger partial charge in [0.2, 0.25) is 0 Å². The van der Waals surface area contributed by atoms with Gasteiger partial charge in [0.05, 0.1) is 6.21 Å². The molecule has 1 atom stereocenters. The maximum absolute atomic E-state index is 12.0. The largest absolute Gasteiger partial charge is 0.367 e. The van der Waals surface area contributed by atoms with Crippen LogP contribution in [0.15, 0.2) is 60.0 Å². The predicted octanol–water partition coefficient (Wildman–Crippen LogP) is 1.92. The summed E-state index contributed by atoms with van der Waals surface area (Å²) in [5, 5.41) is 3.90. The Bertz CT molecular complexity index is 570. The van der Waals surface area contributed by atoms with E-state index >= 15 is 0 Å². The number of pyridine rings is 1. The minimum absolute atomic E-state index is 0.316. The molecule has 0 radical (unpaired) electrons. The van der Waals surface area contributed by atoms with Gasteiger partial charge >= 0.3 is 0 Å². The molecule has 0 fully saturated rings. The molecule has 2 rings (SSSR count). The highest BCUT2D eigenvalue weighted by atomic mass is 16.5. The molecule has 0 aliphatic rings. The summed E-state index contributed by atoms with van der Waals surface area (Å²) in [6.45, 7) is 0. The molecule has 0 bridgehead atoms. The van der Waals surface area contributed by atoms with E-state index in [-0.39, 0.29) is 5.91 Å². The minimum Gasteiger partial charge on any atom is -0.367 e. The fraction of sp³-hybridized carbons (Fsp3) is 0.133. The summed E-state index contributed by atoms with van der Waals surface area (Å²) < 4.78 is 5.20. The summed E-state index contributed by atoms with van der Waals surface area (Å²) in [4.78, 5) is 15.9. The van der Waals surface area contributed by atoms with Gasteiger partial charge in [-0.2, -0.15) is 5.10 Å². The van der Waals surface area contributed by atoms with Crippen LogP contribution in [0.4, 0.5) is 0 Å². The molecule has 1 heterocycles. The van der Waals surface area contributed by atoms with Gasteiger partial charge in [0.25, 0.3) is 5.91 Å². The predicted molar refractivity (Wildman–Crippen MR) is 76.2 cm³/mol. The molecule has 1 amide bonds. The quantitative estimate of drug-likeness (QED) is 0.666. The van der Waals surface area contributed by atoms with Crippen molar-refractivity contribution < 1.29 is 9.53 Å². The molecular weight excluding hydrogens is 254 g/mol. The van der Waals surface area contributed by atoms with Crippen molar-refractivity contribution in [3.8, 4) is 0 Å². The van der Waals surface area contributed by atoms with Gasteiger partial charge < -0.3 is 4.74 Å². The number of nitrogens with zero attached hydrogens (tertiary/aromatic N) is 2. The second kappa shape index (κ2) is 7.16. The fourth-order valence-electron chi connectivity index (χ4n) is 1.70. The summed E-state index contributed by atoms with van der Waals surface area (Å²) in [7, 11) is 1.49. The fourth-order valence-corrected chi connectivity index (χ4v) is 1.70. The molecule has 1 aromatic carbocycles. The molecule has 0 saturated carbocycles. The van der Waals surface area contributed by atoms with E-state index in [9.17, 15) is 4.79 Å². The lowest BCUT2D eigenvalue weighted by Gasteiger charge is -2.13. The van der Waals surface area contributed by atoms with Crippen LogP contribution < -0.4 is 5.43 Å². The third-order valence-electron chi connectivity index (χ3n) is 2.67. The number of rotatable bonds is 5. The van der Waals surface area contributed by atoms with Crippen molar-refractivity contribution >= 4 is 12.1 Å². The Labute approximate surface area is 117 Å². The lowest BCUT2D eigenvalue weighted by molar-refractivity contribution is -0.131. The second-order valence-corrected chi connectivity index (χ2v) is 4.04. The average Bonchev–Trinajstić information content (AvgIpc) is 2.50. The first-order chi connectivity index (χ1) is 9.81. The molecule has 5 nitrogen and oxygen atoms in total. The van der Waals surface area contributed by atoms with E-state index in [4.69, 9.17) is 4.74 Å². The lowest BCUT2D eigenvalue weighted by atomic mass is 10.1. The first-order valence-electron chi connectivity index (χ1n) is 6.12. The van der Waals surface area contributed by atoms with E-state index in [0.29, 0.717) is 0 Å². The molecule has 0 spiro atoms. The molecule has 1 N–H and O–H groups in total. The molecule has 0 saturated heterocycles. The lowest BCUT2D eigenvalue weighted by Crippen LogP contribution is -2.26. The molecule has 2 aromatic rings. The van der Waals surface area contributed by atoms with E-state index in [1.807, 2.05) is 30.3 Å². The number of amides is 1. The molecule has 102 valence electrons. The maximum Gasteiger partial charge on any atom is 0.273 e. The number of carbonyl (C=O) groups is 1. The zero-order valence-electron chi connectivity index (χ0n) is 11.1. The first kappa shape index (κ1) is 13.9. The summed E-state index contributed by atoms with van der Waals surface area (Å²) in [6.07, 6.45) is 4.19. The van der Waals surface area contributed by atoms with Crippen molar-refractivity contribution in [3.63, 3.8) is 0 Å². The molecule has 1 unspecified atom stereocenters. The van der Waals surface area contributed by atoms with Gasteiger partial charge in [-0.1, -0.05) is 30.3 Å². The third-order valence-corrected chi connectivity index (χ3v) is 2.67. The number of benzene rings is 1. The van der Waals surface area contributed by atoms with Crippen LogP contribution in [0.1, 0.15) is 17.2 Å². The minimum atomic E-state index is -0.675. The van der Waals surface area contributed by atoms with E-state index in [0.717, 1.165) is 11.1 Å². The second-order valence-electron chi connectivity index (χ2n) is 4.04. The van der Waals surface area contributed by atoms with Crippen LogP contribution in [0.3, 0.4) is 0 Å². The highest BCUT2D eigenvalue weighted by Crippen LogP contribution is 2.15.